The number of hydrogen-bond acceptors (Lipinski definition) is 4. The van der Waals surface area contributed by atoms with Gasteiger partial charge in [-0.2, -0.15) is 0 Å². The third kappa shape index (κ3) is 3.55. The molecule has 5 heteroatoms. The molecule has 2 rings (SSSR count). The predicted molar refractivity (Wildman–Crippen MR) is 87.3 cm³/mol. The van der Waals surface area contributed by atoms with Crippen LogP contribution in [0.3, 0.4) is 0 Å². The Kier molecular flexibility index (Phi) is 4.85. The molecule has 21 heavy (non-hydrogen) atoms. The molecule has 0 saturated heterocycles. The molecule has 0 unspecified atom stereocenters. The minimum absolute atomic E-state index is 0.181. The maximum absolute atomic E-state index is 9.81. The highest BCUT2D eigenvalue weighted by molar-refractivity contribution is 9.10. The molecule has 0 heterocycles. The molecule has 2 aromatic rings. The van der Waals surface area contributed by atoms with Gasteiger partial charge >= 0.3 is 0 Å². The largest absolute Gasteiger partial charge is 0.507 e. The zero-order chi connectivity index (χ0) is 15.4. The number of nitrogens with zero attached hydrogens (tertiary/aromatic N) is 1. The van der Waals surface area contributed by atoms with E-state index in [0.717, 1.165) is 15.7 Å². The molecule has 0 spiro atoms. The van der Waals surface area contributed by atoms with Gasteiger partial charge in [-0.05, 0) is 36.8 Å². The van der Waals surface area contributed by atoms with Crippen LogP contribution in [0.15, 0.2) is 39.8 Å². The number of hydrogen-bond donors (Lipinski definition) is 1. The molecule has 0 aliphatic rings. The van der Waals surface area contributed by atoms with Gasteiger partial charge in [0.05, 0.1) is 19.9 Å². The molecule has 0 aliphatic carbocycles. The number of aliphatic imine (C=N–C) groups is 1. The number of rotatable bonds is 4. The van der Waals surface area contributed by atoms with Crippen molar-refractivity contribution in [1.29, 1.82) is 0 Å². The predicted octanol–water partition coefficient (Wildman–Crippen LogP) is 4.23. The minimum Gasteiger partial charge on any atom is -0.507 e. The number of aryl methyl sites for hydroxylation is 1. The molecule has 1 N–H and O–H groups in total. The molecule has 0 aliphatic heterocycles. The molecule has 0 saturated carbocycles. The van der Waals surface area contributed by atoms with Gasteiger partial charge < -0.3 is 14.6 Å². The first-order chi connectivity index (χ1) is 10.0. The lowest BCUT2D eigenvalue weighted by Crippen LogP contribution is -1.91. The van der Waals surface area contributed by atoms with Gasteiger partial charge in [0.2, 0.25) is 0 Å². The van der Waals surface area contributed by atoms with Gasteiger partial charge in [0.25, 0.3) is 0 Å². The average Bonchev–Trinajstić information content (AvgIpc) is 2.48. The van der Waals surface area contributed by atoms with Crippen molar-refractivity contribution in [3.8, 4) is 17.2 Å². The topological polar surface area (TPSA) is 51.0 Å². The third-order valence-electron chi connectivity index (χ3n) is 3.03. The zero-order valence-corrected chi connectivity index (χ0v) is 13.6. The van der Waals surface area contributed by atoms with Crippen LogP contribution >= 0.6 is 15.9 Å². The third-order valence-corrected chi connectivity index (χ3v) is 3.53. The number of benzene rings is 2. The number of aromatic hydroxyl groups is 1. The van der Waals surface area contributed by atoms with E-state index in [0.29, 0.717) is 17.1 Å². The molecule has 110 valence electrons. The van der Waals surface area contributed by atoms with Crippen LogP contribution in [-0.2, 0) is 0 Å². The van der Waals surface area contributed by atoms with Crippen LogP contribution in [0, 0.1) is 6.92 Å². The lowest BCUT2D eigenvalue weighted by molar-refractivity contribution is 0.355. The summed E-state index contributed by atoms with van der Waals surface area (Å²) in [4.78, 5) is 4.42. The Labute approximate surface area is 132 Å². The van der Waals surface area contributed by atoms with Crippen LogP contribution in [0.25, 0.3) is 0 Å². The second-order valence-electron chi connectivity index (χ2n) is 4.46. The quantitative estimate of drug-likeness (QED) is 0.840. The summed E-state index contributed by atoms with van der Waals surface area (Å²) in [5.74, 6) is 1.47. The lowest BCUT2D eigenvalue weighted by atomic mass is 10.1. The van der Waals surface area contributed by atoms with Crippen molar-refractivity contribution in [2.45, 2.75) is 6.92 Å². The van der Waals surface area contributed by atoms with E-state index in [4.69, 9.17) is 9.47 Å². The van der Waals surface area contributed by atoms with Gasteiger partial charge in [0.15, 0.2) is 11.5 Å². The molecule has 0 amide bonds. The SMILES string of the molecule is COc1cc(C)c(N=Cc2cc(Br)ccc2O)cc1OC. The molecular weight excluding hydrogens is 334 g/mol. The summed E-state index contributed by atoms with van der Waals surface area (Å²) in [7, 11) is 3.18. The monoisotopic (exact) mass is 349 g/mol. The summed E-state index contributed by atoms with van der Waals surface area (Å²) in [5, 5.41) is 9.81. The van der Waals surface area contributed by atoms with E-state index in [1.54, 1.807) is 44.7 Å². The van der Waals surface area contributed by atoms with Crippen molar-refractivity contribution in [3.63, 3.8) is 0 Å². The molecule has 0 fully saturated rings. The fourth-order valence-corrected chi connectivity index (χ4v) is 2.26. The Balaban J connectivity index is 2.39. The lowest BCUT2D eigenvalue weighted by Gasteiger charge is -2.10. The number of phenols is 1. The van der Waals surface area contributed by atoms with Gasteiger partial charge in [-0.25, -0.2) is 0 Å². The molecule has 2 aromatic carbocycles. The standard InChI is InChI=1S/C16H16BrNO3/c1-10-6-15(20-2)16(21-3)8-13(10)18-9-11-7-12(17)4-5-14(11)19/h4-9,19H,1-3H3. The molecule has 0 atom stereocenters. The van der Waals surface area contributed by atoms with Crippen molar-refractivity contribution < 1.29 is 14.6 Å². The van der Waals surface area contributed by atoms with Crippen molar-refractivity contribution in [2.24, 2.45) is 4.99 Å². The van der Waals surface area contributed by atoms with E-state index >= 15 is 0 Å². The fourth-order valence-electron chi connectivity index (χ4n) is 1.88. The summed E-state index contributed by atoms with van der Waals surface area (Å²) >= 11 is 3.37. The Hall–Kier alpha value is -2.01. The Morgan fingerprint density at radius 1 is 1.10 bits per heavy atom. The maximum atomic E-state index is 9.81. The van der Waals surface area contributed by atoms with Crippen LogP contribution in [0.4, 0.5) is 5.69 Å². The summed E-state index contributed by atoms with van der Waals surface area (Å²) < 4.78 is 11.4. The minimum atomic E-state index is 0.181. The maximum Gasteiger partial charge on any atom is 0.162 e. The Bertz CT molecular complexity index is 683. The van der Waals surface area contributed by atoms with E-state index in [1.807, 2.05) is 13.0 Å². The van der Waals surface area contributed by atoms with Crippen molar-refractivity contribution in [2.75, 3.05) is 14.2 Å². The van der Waals surface area contributed by atoms with Crippen LogP contribution in [0.1, 0.15) is 11.1 Å². The van der Waals surface area contributed by atoms with Crippen molar-refractivity contribution >= 4 is 27.8 Å². The van der Waals surface area contributed by atoms with E-state index < -0.39 is 0 Å². The van der Waals surface area contributed by atoms with Gasteiger partial charge in [-0.3, -0.25) is 4.99 Å². The summed E-state index contributed by atoms with van der Waals surface area (Å²) in [6.07, 6.45) is 1.62. The van der Waals surface area contributed by atoms with Crippen LogP contribution in [0.2, 0.25) is 0 Å². The van der Waals surface area contributed by atoms with Gasteiger partial charge in [-0.1, -0.05) is 15.9 Å². The summed E-state index contributed by atoms with van der Waals surface area (Å²) in [6, 6.07) is 8.86. The van der Waals surface area contributed by atoms with E-state index in [2.05, 4.69) is 20.9 Å². The van der Waals surface area contributed by atoms with Crippen molar-refractivity contribution in [1.82, 2.24) is 0 Å². The Morgan fingerprint density at radius 2 is 1.76 bits per heavy atom. The van der Waals surface area contributed by atoms with E-state index in [9.17, 15) is 5.11 Å². The Morgan fingerprint density at radius 3 is 2.43 bits per heavy atom. The van der Waals surface area contributed by atoms with E-state index in [-0.39, 0.29) is 5.75 Å². The fraction of sp³-hybridized carbons (Fsp3) is 0.188. The van der Waals surface area contributed by atoms with Crippen molar-refractivity contribution in [3.05, 3.63) is 45.9 Å². The summed E-state index contributed by atoms with van der Waals surface area (Å²) in [5.41, 5.74) is 2.35. The smallest absolute Gasteiger partial charge is 0.162 e. The number of halogens is 1. The first kappa shape index (κ1) is 15.4. The highest BCUT2D eigenvalue weighted by Crippen LogP contribution is 2.34. The average molecular weight is 350 g/mol. The summed E-state index contributed by atoms with van der Waals surface area (Å²) in [6.45, 7) is 1.94. The molecule has 0 radical (unpaired) electrons. The normalized spacial score (nSPS) is 10.9. The highest BCUT2D eigenvalue weighted by Gasteiger charge is 2.08. The first-order valence-corrected chi connectivity index (χ1v) is 7.09. The first-order valence-electron chi connectivity index (χ1n) is 6.30. The molecule has 0 aromatic heterocycles. The second-order valence-corrected chi connectivity index (χ2v) is 5.37. The second kappa shape index (κ2) is 6.63. The highest BCUT2D eigenvalue weighted by atomic mass is 79.9. The molecule has 0 bridgehead atoms. The van der Waals surface area contributed by atoms with Gasteiger partial charge in [-0.15, -0.1) is 0 Å². The van der Waals surface area contributed by atoms with Crippen LogP contribution < -0.4 is 9.47 Å². The number of phenolic OH excluding ortho intramolecular Hbond substituents is 1. The number of methoxy groups -OCH3 is 2. The van der Waals surface area contributed by atoms with Crippen LogP contribution in [0.5, 0.6) is 17.2 Å². The van der Waals surface area contributed by atoms with E-state index in [1.165, 1.54) is 0 Å². The molecule has 4 nitrogen and oxygen atoms in total. The van der Waals surface area contributed by atoms with Crippen LogP contribution in [-0.4, -0.2) is 25.5 Å². The zero-order valence-electron chi connectivity index (χ0n) is 12.1. The molecular formula is C16H16BrNO3. The van der Waals surface area contributed by atoms with Gasteiger partial charge in [0, 0.05) is 22.3 Å². The number of ether oxygens (including phenoxy) is 2. The van der Waals surface area contributed by atoms with Gasteiger partial charge in [0.1, 0.15) is 5.75 Å².